The van der Waals surface area contributed by atoms with Crippen LogP contribution in [0.1, 0.15) is 0 Å². The first-order valence-electron chi connectivity index (χ1n) is 3.43. The second-order valence-corrected chi connectivity index (χ2v) is 3.04. The Morgan fingerprint density at radius 2 is 2.00 bits per heavy atom. The molecule has 0 saturated carbocycles. The predicted molar refractivity (Wildman–Crippen MR) is 54.3 cm³/mol. The van der Waals surface area contributed by atoms with Gasteiger partial charge in [0.1, 0.15) is 17.1 Å². The topological polar surface area (TPSA) is 46.0 Å². The summed E-state index contributed by atoms with van der Waals surface area (Å²) < 4.78 is 3.86. The van der Waals surface area contributed by atoms with Gasteiger partial charge in [-0.15, -0.1) is 12.4 Å². The molecule has 3 nitrogen and oxygen atoms in total. The molecule has 0 aliphatic heterocycles. The van der Waals surface area contributed by atoms with E-state index in [-0.39, 0.29) is 18.2 Å². The van der Waals surface area contributed by atoms with Crippen LogP contribution in [-0.2, 0) is 0 Å². The normalized spacial score (nSPS) is 9.23. The van der Waals surface area contributed by atoms with Gasteiger partial charge in [-0.1, -0.05) is 12.1 Å². The maximum atomic E-state index is 9.42. The zero-order valence-electron chi connectivity index (χ0n) is 6.54. The summed E-state index contributed by atoms with van der Waals surface area (Å²) in [5.74, 6) is 0.245. The molecule has 0 fully saturated rings. The number of benzene rings is 1. The number of hydrogen-bond acceptors (Lipinski definition) is 4. The van der Waals surface area contributed by atoms with Crippen molar-refractivity contribution in [3.05, 3.63) is 30.6 Å². The van der Waals surface area contributed by atoms with Gasteiger partial charge >= 0.3 is 0 Å². The summed E-state index contributed by atoms with van der Waals surface area (Å²) in [4.78, 5) is 3.99. The number of phenolic OH excluding ortho intramolecular Hbond substituents is 1. The van der Waals surface area contributed by atoms with Crippen LogP contribution in [0.25, 0.3) is 10.6 Å². The van der Waals surface area contributed by atoms with Crippen LogP contribution in [0.3, 0.4) is 0 Å². The van der Waals surface area contributed by atoms with E-state index in [9.17, 15) is 5.11 Å². The summed E-state index contributed by atoms with van der Waals surface area (Å²) in [5, 5.41) is 10.2. The molecule has 0 amide bonds. The molecule has 5 heteroatoms. The lowest BCUT2D eigenvalue weighted by Gasteiger charge is -1.97. The van der Waals surface area contributed by atoms with Crippen LogP contribution in [0, 0.1) is 0 Å². The van der Waals surface area contributed by atoms with Gasteiger partial charge in [0.15, 0.2) is 0 Å². The third kappa shape index (κ3) is 1.96. The van der Waals surface area contributed by atoms with Gasteiger partial charge in [-0.05, 0) is 23.7 Å². The Morgan fingerprint density at radius 3 is 2.62 bits per heavy atom. The minimum absolute atomic E-state index is 0. The van der Waals surface area contributed by atoms with E-state index in [0.29, 0.717) is 0 Å². The highest BCUT2D eigenvalue weighted by Crippen LogP contribution is 2.28. The van der Waals surface area contributed by atoms with Gasteiger partial charge in [-0.3, -0.25) is 0 Å². The fraction of sp³-hybridized carbons (Fsp3) is 0. The Morgan fingerprint density at radius 1 is 1.23 bits per heavy atom. The van der Waals surface area contributed by atoms with E-state index in [1.54, 1.807) is 12.1 Å². The molecule has 1 heterocycles. The molecule has 0 atom stereocenters. The average molecular weight is 215 g/mol. The summed E-state index contributed by atoms with van der Waals surface area (Å²) in [6, 6.07) is 7.09. The highest BCUT2D eigenvalue weighted by molar-refractivity contribution is 7.09. The number of aromatic hydroxyl groups is 1. The standard InChI is InChI=1S/C8H6N2OS.ClH/c11-7-4-2-1-3-6(7)8-9-5-10-12-8;/h1-5,11H;1H. The maximum absolute atomic E-state index is 9.42. The molecule has 2 aromatic rings. The van der Waals surface area contributed by atoms with E-state index in [0.717, 1.165) is 10.6 Å². The molecule has 0 saturated heterocycles. The first-order valence-corrected chi connectivity index (χ1v) is 4.20. The third-order valence-corrected chi connectivity index (χ3v) is 2.19. The van der Waals surface area contributed by atoms with Crippen LogP contribution in [0.2, 0.25) is 0 Å². The molecule has 1 N–H and O–H groups in total. The van der Waals surface area contributed by atoms with Crippen molar-refractivity contribution in [2.24, 2.45) is 0 Å². The molecule has 13 heavy (non-hydrogen) atoms. The van der Waals surface area contributed by atoms with E-state index in [1.165, 1.54) is 17.9 Å². The molecule has 1 aromatic heterocycles. The van der Waals surface area contributed by atoms with E-state index in [4.69, 9.17) is 0 Å². The van der Waals surface area contributed by atoms with Crippen molar-refractivity contribution in [2.45, 2.75) is 0 Å². The molecule has 2 rings (SSSR count). The molecular formula is C8H7ClN2OS. The molecule has 1 aromatic carbocycles. The molecule has 68 valence electrons. The van der Waals surface area contributed by atoms with E-state index in [1.807, 2.05) is 12.1 Å². The van der Waals surface area contributed by atoms with Crippen molar-refractivity contribution in [1.29, 1.82) is 0 Å². The van der Waals surface area contributed by atoms with Crippen molar-refractivity contribution in [3.63, 3.8) is 0 Å². The molecule has 0 aliphatic carbocycles. The Labute approximate surface area is 85.7 Å². The van der Waals surface area contributed by atoms with Crippen LogP contribution in [0.5, 0.6) is 5.75 Å². The summed E-state index contributed by atoms with van der Waals surface area (Å²) in [5.41, 5.74) is 0.736. The minimum Gasteiger partial charge on any atom is -0.507 e. The van der Waals surface area contributed by atoms with Crippen LogP contribution in [0.15, 0.2) is 30.6 Å². The SMILES string of the molecule is Cl.Oc1ccccc1-c1ncns1. The number of nitrogens with zero attached hydrogens (tertiary/aromatic N) is 2. The van der Waals surface area contributed by atoms with Crippen molar-refractivity contribution in [3.8, 4) is 16.3 Å². The lowest BCUT2D eigenvalue weighted by Crippen LogP contribution is -1.75. The van der Waals surface area contributed by atoms with Gasteiger partial charge in [0, 0.05) is 0 Å². The van der Waals surface area contributed by atoms with Crippen LogP contribution < -0.4 is 0 Å². The van der Waals surface area contributed by atoms with E-state index >= 15 is 0 Å². The quantitative estimate of drug-likeness (QED) is 0.793. The zero-order valence-corrected chi connectivity index (χ0v) is 8.18. The molecule has 0 unspecified atom stereocenters. The Bertz CT molecular complexity index is 377. The van der Waals surface area contributed by atoms with Crippen LogP contribution in [-0.4, -0.2) is 14.5 Å². The lowest BCUT2D eigenvalue weighted by molar-refractivity contribution is 0.477. The number of para-hydroxylation sites is 1. The fourth-order valence-electron chi connectivity index (χ4n) is 0.946. The zero-order chi connectivity index (χ0) is 8.39. The number of rotatable bonds is 1. The fourth-order valence-corrected chi connectivity index (χ4v) is 1.51. The first kappa shape index (κ1) is 9.95. The third-order valence-electron chi connectivity index (χ3n) is 1.50. The number of hydrogen-bond donors (Lipinski definition) is 1. The summed E-state index contributed by atoms with van der Waals surface area (Å²) in [6.07, 6.45) is 1.48. The largest absolute Gasteiger partial charge is 0.507 e. The minimum atomic E-state index is 0. The first-order chi connectivity index (χ1) is 5.88. The summed E-state index contributed by atoms with van der Waals surface area (Å²) in [6.45, 7) is 0. The average Bonchev–Trinajstić information content (AvgIpc) is 2.57. The Balaban J connectivity index is 0.000000845. The number of phenols is 1. The molecule has 0 radical (unpaired) electrons. The second kappa shape index (κ2) is 4.20. The Hall–Kier alpha value is -1.13. The number of aromatic nitrogens is 2. The smallest absolute Gasteiger partial charge is 0.147 e. The number of halogens is 1. The lowest BCUT2D eigenvalue weighted by atomic mass is 10.2. The van der Waals surface area contributed by atoms with E-state index < -0.39 is 0 Å². The second-order valence-electron chi connectivity index (χ2n) is 2.26. The summed E-state index contributed by atoms with van der Waals surface area (Å²) >= 11 is 1.27. The van der Waals surface area contributed by atoms with Crippen LogP contribution >= 0.6 is 23.9 Å². The van der Waals surface area contributed by atoms with Crippen molar-refractivity contribution < 1.29 is 5.11 Å². The van der Waals surface area contributed by atoms with Crippen LogP contribution in [0.4, 0.5) is 0 Å². The van der Waals surface area contributed by atoms with Gasteiger partial charge in [0.2, 0.25) is 0 Å². The van der Waals surface area contributed by atoms with Gasteiger partial charge in [0.05, 0.1) is 5.56 Å². The molecule has 0 spiro atoms. The van der Waals surface area contributed by atoms with Gasteiger partial charge in [-0.2, -0.15) is 4.37 Å². The van der Waals surface area contributed by atoms with Crippen molar-refractivity contribution in [1.82, 2.24) is 9.36 Å². The predicted octanol–water partition coefficient (Wildman–Crippen LogP) is 2.33. The molecule has 0 bridgehead atoms. The summed E-state index contributed by atoms with van der Waals surface area (Å²) in [7, 11) is 0. The Kier molecular flexibility index (Phi) is 3.22. The maximum Gasteiger partial charge on any atom is 0.147 e. The van der Waals surface area contributed by atoms with Gasteiger partial charge in [-0.25, -0.2) is 4.98 Å². The van der Waals surface area contributed by atoms with Crippen molar-refractivity contribution in [2.75, 3.05) is 0 Å². The molecular weight excluding hydrogens is 208 g/mol. The monoisotopic (exact) mass is 214 g/mol. The van der Waals surface area contributed by atoms with Gasteiger partial charge in [0.25, 0.3) is 0 Å². The highest BCUT2D eigenvalue weighted by atomic mass is 35.5. The molecule has 0 aliphatic rings. The van der Waals surface area contributed by atoms with E-state index in [2.05, 4.69) is 9.36 Å². The highest BCUT2D eigenvalue weighted by Gasteiger charge is 2.04. The van der Waals surface area contributed by atoms with Crippen molar-refractivity contribution >= 4 is 23.9 Å². The van der Waals surface area contributed by atoms with Gasteiger partial charge < -0.3 is 5.11 Å².